The summed E-state index contributed by atoms with van der Waals surface area (Å²) in [5.41, 5.74) is 0.745. The first kappa shape index (κ1) is 10.7. The lowest BCUT2D eigenvalue weighted by atomic mass is 10.2. The number of hydrogen-bond donors (Lipinski definition) is 0. The number of benzene rings is 1. The Balaban J connectivity index is 2.56. The van der Waals surface area contributed by atoms with Crippen LogP contribution in [0.3, 0.4) is 0 Å². The molecule has 0 unspecified atom stereocenters. The number of hydrogen-bond acceptors (Lipinski definition) is 2. The van der Waals surface area contributed by atoms with Gasteiger partial charge in [-0.3, -0.25) is 0 Å². The molecule has 0 aliphatic rings. The van der Waals surface area contributed by atoms with E-state index >= 15 is 0 Å². The largest absolute Gasteiger partial charge is 0.237 e. The summed E-state index contributed by atoms with van der Waals surface area (Å²) in [5, 5.41) is 1.14. The van der Waals surface area contributed by atoms with Crippen LogP contribution in [0.2, 0.25) is 15.1 Å². The van der Waals surface area contributed by atoms with E-state index < -0.39 is 0 Å². The Morgan fingerprint density at radius 2 is 1.40 bits per heavy atom. The lowest BCUT2D eigenvalue weighted by molar-refractivity contribution is 1.18. The van der Waals surface area contributed by atoms with Gasteiger partial charge in [0, 0.05) is 18.0 Å². The zero-order valence-corrected chi connectivity index (χ0v) is 9.68. The Bertz CT molecular complexity index is 462. The molecule has 15 heavy (non-hydrogen) atoms. The van der Waals surface area contributed by atoms with E-state index in [1.165, 1.54) is 0 Å². The molecule has 0 atom stereocenters. The summed E-state index contributed by atoms with van der Waals surface area (Å²) in [7, 11) is 0. The molecule has 1 aromatic carbocycles. The lowest BCUT2D eigenvalue weighted by Gasteiger charge is -2.03. The maximum Gasteiger partial charge on any atom is 0.159 e. The van der Waals surface area contributed by atoms with Crippen LogP contribution in [0.25, 0.3) is 11.4 Å². The molecular formula is C10H5Cl3N2. The van der Waals surface area contributed by atoms with E-state index in [1.54, 1.807) is 30.6 Å². The van der Waals surface area contributed by atoms with Crippen LogP contribution in [0, 0.1) is 0 Å². The van der Waals surface area contributed by atoms with Gasteiger partial charge in [0.25, 0.3) is 0 Å². The summed E-state index contributed by atoms with van der Waals surface area (Å²) in [4.78, 5) is 8.18. The average molecular weight is 260 g/mol. The third kappa shape index (κ3) is 2.23. The Hall–Kier alpha value is -0.830. The van der Waals surface area contributed by atoms with Gasteiger partial charge >= 0.3 is 0 Å². The second-order valence-electron chi connectivity index (χ2n) is 2.83. The van der Waals surface area contributed by atoms with Gasteiger partial charge < -0.3 is 0 Å². The van der Waals surface area contributed by atoms with Crippen molar-refractivity contribution in [2.24, 2.45) is 0 Å². The monoisotopic (exact) mass is 258 g/mol. The average Bonchev–Trinajstić information content (AvgIpc) is 2.26. The van der Waals surface area contributed by atoms with Gasteiger partial charge in [-0.1, -0.05) is 34.8 Å². The van der Waals surface area contributed by atoms with Gasteiger partial charge in [-0.2, -0.15) is 0 Å². The molecule has 0 aliphatic heterocycles. The molecule has 0 spiro atoms. The first-order valence-corrected chi connectivity index (χ1v) is 5.24. The third-order valence-corrected chi connectivity index (χ3v) is 3.00. The maximum absolute atomic E-state index is 5.90. The molecule has 0 aliphatic carbocycles. The second kappa shape index (κ2) is 4.35. The number of rotatable bonds is 1. The van der Waals surface area contributed by atoms with E-state index in [0.29, 0.717) is 20.9 Å². The molecule has 5 heteroatoms. The van der Waals surface area contributed by atoms with Gasteiger partial charge in [-0.05, 0) is 18.2 Å². The van der Waals surface area contributed by atoms with Crippen LogP contribution in [-0.2, 0) is 0 Å². The van der Waals surface area contributed by atoms with Crippen LogP contribution >= 0.6 is 34.8 Å². The molecule has 1 heterocycles. The molecular weight excluding hydrogens is 254 g/mol. The van der Waals surface area contributed by atoms with Crippen LogP contribution < -0.4 is 0 Å². The van der Waals surface area contributed by atoms with Crippen molar-refractivity contribution in [3.8, 4) is 11.4 Å². The van der Waals surface area contributed by atoms with Crippen LogP contribution in [0.5, 0.6) is 0 Å². The smallest absolute Gasteiger partial charge is 0.159 e. The number of halogens is 3. The summed E-state index contributed by atoms with van der Waals surface area (Å²) < 4.78 is 0. The predicted molar refractivity (Wildman–Crippen MR) is 62.5 cm³/mol. The standard InChI is InChI=1S/C10H5Cl3N2/c11-7-4-6(5-8(12)9(7)13)10-14-2-1-3-15-10/h1-5H. The molecule has 0 radical (unpaired) electrons. The summed E-state index contributed by atoms with van der Waals surface area (Å²) in [5.74, 6) is 0.568. The summed E-state index contributed by atoms with van der Waals surface area (Å²) in [6.45, 7) is 0. The van der Waals surface area contributed by atoms with Crippen molar-refractivity contribution in [2.45, 2.75) is 0 Å². The quantitative estimate of drug-likeness (QED) is 0.721. The van der Waals surface area contributed by atoms with Crippen molar-refractivity contribution in [3.63, 3.8) is 0 Å². The minimum absolute atomic E-state index is 0.345. The van der Waals surface area contributed by atoms with Crippen molar-refractivity contribution in [3.05, 3.63) is 45.7 Å². The molecule has 0 saturated heterocycles. The highest BCUT2D eigenvalue weighted by Crippen LogP contribution is 2.33. The fourth-order valence-electron chi connectivity index (χ4n) is 1.13. The molecule has 2 rings (SSSR count). The Morgan fingerprint density at radius 1 is 0.867 bits per heavy atom. The van der Waals surface area contributed by atoms with E-state index in [-0.39, 0.29) is 0 Å². The Labute approximate surface area is 102 Å². The van der Waals surface area contributed by atoms with Gasteiger partial charge in [0.15, 0.2) is 5.82 Å². The SMILES string of the molecule is Clc1cc(-c2ncccn2)cc(Cl)c1Cl. The maximum atomic E-state index is 5.90. The fourth-order valence-corrected chi connectivity index (χ4v) is 1.73. The van der Waals surface area contributed by atoms with Crippen LogP contribution in [0.15, 0.2) is 30.6 Å². The predicted octanol–water partition coefficient (Wildman–Crippen LogP) is 4.10. The zero-order chi connectivity index (χ0) is 10.8. The molecule has 76 valence electrons. The van der Waals surface area contributed by atoms with Crippen molar-refractivity contribution >= 4 is 34.8 Å². The van der Waals surface area contributed by atoms with E-state index in [1.807, 2.05) is 0 Å². The van der Waals surface area contributed by atoms with E-state index in [2.05, 4.69) is 9.97 Å². The molecule has 0 bridgehead atoms. The van der Waals surface area contributed by atoms with Crippen molar-refractivity contribution < 1.29 is 0 Å². The normalized spacial score (nSPS) is 10.3. The van der Waals surface area contributed by atoms with Crippen LogP contribution in [-0.4, -0.2) is 9.97 Å². The molecule has 0 saturated carbocycles. The highest BCUT2D eigenvalue weighted by molar-refractivity contribution is 6.48. The molecule has 0 fully saturated rings. The van der Waals surface area contributed by atoms with Crippen LogP contribution in [0.4, 0.5) is 0 Å². The summed E-state index contributed by atoms with van der Waals surface area (Å²) >= 11 is 17.6. The van der Waals surface area contributed by atoms with Gasteiger partial charge in [0.05, 0.1) is 15.1 Å². The molecule has 2 nitrogen and oxygen atoms in total. The Kier molecular flexibility index (Phi) is 3.10. The molecule has 0 N–H and O–H groups in total. The topological polar surface area (TPSA) is 25.8 Å². The van der Waals surface area contributed by atoms with Crippen molar-refractivity contribution in [2.75, 3.05) is 0 Å². The summed E-state index contributed by atoms with van der Waals surface area (Å²) in [6.07, 6.45) is 3.30. The minimum atomic E-state index is 0.345. The summed E-state index contributed by atoms with van der Waals surface area (Å²) in [6, 6.07) is 5.11. The number of nitrogens with zero attached hydrogens (tertiary/aromatic N) is 2. The van der Waals surface area contributed by atoms with E-state index in [9.17, 15) is 0 Å². The van der Waals surface area contributed by atoms with E-state index in [0.717, 1.165) is 5.56 Å². The van der Waals surface area contributed by atoms with Crippen molar-refractivity contribution in [1.29, 1.82) is 0 Å². The fraction of sp³-hybridized carbons (Fsp3) is 0. The highest BCUT2D eigenvalue weighted by atomic mass is 35.5. The zero-order valence-electron chi connectivity index (χ0n) is 7.42. The van der Waals surface area contributed by atoms with Crippen LogP contribution in [0.1, 0.15) is 0 Å². The molecule has 0 amide bonds. The first-order valence-electron chi connectivity index (χ1n) is 4.10. The lowest BCUT2D eigenvalue weighted by Crippen LogP contribution is -1.87. The highest BCUT2D eigenvalue weighted by Gasteiger charge is 2.08. The molecule has 2 aromatic rings. The third-order valence-electron chi connectivity index (χ3n) is 1.81. The minimum Gasteiger partial charge on any atom is -0.237 e. The Morgan fingerprint density at radius 3 is 1.93 bits per heavy atom. The number of aromatic nitrogens is 2. The van der Waals surface area contributed by atoms with E-state index in [4.69, 9.17) is 34.8 Å². The first-order chi connectivity index (χ1) is 7.18. The van der Waals surface area contributed by atoms with Gasteiger partial charge in [-0.25, -0.2) is 9.97 Å². The van der Waals surface area contributed by atoms with Gasteiger partial charge in [-0.15, -0.1) is 0 Å². The molecule has 1 aromatic heterocycles. The van der Waals surface area contributed by atoms with Gasteiger partial charge in [0.1, 0.15) is 0 Å². The van der Waals surface area contributed by atoms with Crippen molar-refractivity contribution in [1.82, 2.24) is 9.97 Å². The van der Waals surface area contributed by atoms with Gasteiger partial charge in [0.2, 0.25) is 0 Å². The second-order valence-corrected chi connectivity index (χ2v) is 4.02.